The van der Waals surface area contributed by atoms with Gasteiger partial charge in [-0.3, -0.25) is 4.79 Å². The highest BCUT2D eigenvalue weighted by atomic mass is 32.2. The number of aromatic nitrogens is 1. The molecule has 0 radical (unpaired) electrons. The molecule has 2 rings (SSSR count). The van der Waals surface area contributed by atoms with E-state index in [2.05, 4.69) is 4.98 Å². The van der Waals surface area contributed by atoms with Crippen LogP contribution in [0.25, 0.3) is 0 Å². The zero-order valence-electron chi connectivity index (χ0n) is 11.2. The van der Waals surface area contributed by atoms with Crippen LogP contribution in [0.5, 0.6) is 0 Å². The quantitative estimate of drug-likeness (QED) is 0.815. The SMILES string of the molecule is CN(C)C(=O)c1ccccc1Sc1c(F)cnc(F)c1F. The van der Waals surface area contributed by atoms with E-state index in [1.54, 1.807) is 32.3 Å². The highest BCUT2D eigenvalue weighted by molar-refractivity contribution is 7.99. The minimum absolute atomic E-state index is 0.281. The summed E-state index contributed by atoms with van der Waals surface area (Å²) in [6, 6.07) is 6.35. The summed E-state index contributed by atoms with van der Waals surface area (Å²) in [5.74, 6) is -4.04. The van der Waals surface area contributed by atoms with E-state index in [-0.39, 0.29) is 11.5 Å². The van der Waals surface area contributed by atoms with Gasteiger partial charge in [-0.05, 0) is 12.1 Å². The fraction of sp³-hybridized carbons (Fsp3) is 0.143. The fourth-order valence-electron chi connectivity index (χ4n) is 1.60. The number of benzene rings is 1. The van der Waals surface area contributed by atoms with E-state index in [4.69, 9.17) is 0 Å². The summed E-state index contributed by atoms with van der Waals surface area (Å²) in [7, 11) is 3.13. The molecule has 1 aromatic carbocycles. The van der Waals surface area contributed by atoms with E-state index in [1.807, 2.05) is 0 Å². The van der Waals surface area contributed by atoms with Crippen molar-refractivity contribution in [2.24, 2.45) is 0 Å². The summed E-state index contributed by atoms with van der Waals surface area (Å²) in [6.45, 7) is 0. The number of pyridine rings is 1. The van der Waals surface area contributed by atoms with Crippen molar-refractivity contribution in [3.8, 4) is 0 Å². The first-order valence-electron chi connectivity index (χ1n) is 5.90. The lowest BCUT2D eigenvalue weighted by Crippen LogP contribution is -2.22. The Bertz CT molecular complexity index is 692. The summed E-state index contributed by atoms with van der Waals surface area (Å²) in [5.41, 5.74) is 0.281. The van der Waals surface area contributed by atoms with E-state index in [0.29, 0.717) is 22.9 Å². The molecule has 0 bridgehead atoms. The molecular weight excluding hydrogens is 301 g/mol. The average Bonchev–Trinajstić information content (AvgIpc) is 2.47. The number of hydrogen-bond donors (Lipinski definition) is 0. The van der Waals surface area contributed by atoms with Gasteiger partial charge in [-0.25, -0.2) is 13.8 Å². The lowest BCUT2D eigenvalue weighted by atomic mass is 10.2. The molecule has 110 valence electrons. The van der Waals surface area contributed by atoms with Gasteiger partial charge in [0.2, 0.25) is 5.95 Å². The molecule has 21 heavy (non-hydrogen) atoms. The van der Waals surface area contributed by atoms with E-state index in [1.165, 1.54) is 11.0 Å². The Morgan fingerprint density at radius 2 is 1.86 bits per heavy atom. The van der Waals surface area contributed by atoms with Crippen LogP contribution in [0.3, 0.4) is 0 Å². The van der Waals surface area contributed by atoms with Crippen LogP contribution in [0.4, 0.5) is 13.2 Å². The first kappa shape index (κ1) is 15.4. The number of carbonyl (C=O) groups is 1. The second kappa shape index (κ2) is 6.17. The van der Waals surface area contributed by atoms with Crippen molar-refractivity contribution in [2.75, 3.05) is 14.1 Å². The van der Waals surface area contributed by atoms with Gasteiger partial charge < -0.3 is 4.90 Å². The van der Waals surface area contributed by atoms with Gasteiger partial charge in [0.15, 0.2) is 11.6 Å². The first-order chi connectivity index (χ1) is 9.91. The van der Waals surface area contributed by atoms with Crippen LogP contribution >= 0.6 is 11.8 Å². The number of amides is 1. The Labute approximate surface area is 123 Å². The molecular formula is C14H11F3N2OS. The zero-order valence-corrected chi connectivity index (χ0v) is 12.0. The highest BCUT2D eigenvalue weighted by Gasteiger charge is 2.20. The standard InChI is InChI=1S/C14H11F3N2OS/c1-19(2)14(20)8-5-3-4-6-10(8)21-12-9(15)7-18-13(17)11(12)16/h3-7H,1-2H3. The molecule has 7 heteroatoms. The third-order valence-corrected chi connectivity index (χ3v) is 3.78. The van der Waals surface area contributed by atoms with Gasteiger partial charge in [0, 0.05) is 19.0 Å². The second-order valence-electron chi connectivity index (χ2n) is 4.34. The normalized spacial score (nSPS) is 10.5. The Balaban J connectivity index is 2.46. The average molecular weight is 312 g/mol. The Kier molecular flexibility index (Phi) is 4.52. The van der Waals surface area contributed by atoms with Gasteiger partial charge in [0.05, 0.1) is 16.7 Å². The smallest absolute Gasteiger partial charge is 0.254 e. The molecule has 3 nitrogen and oxygen atoms in total. The van der Waals surface area contributed by atoms with Crippen molar-refractivity contribution in [1.82, 2.24) is 9.88 Å². The molecule has 1 aromatic heterocycles. The topological polar surface area (TPSA) is 33.2 Å². The predicted octanol–water partition coefficient (Wildman–Crippen LogP) is 3.35. The number of carbonyl (C=O) groups excluding carboxylic acids is 1. The van der Waals surface area contributed by atoms with Crippen LogP contribution in [0.2, 0.25) is 0 Å². The van der Waals surface area contributed by atoms with Gasteiger partial charge in [-0.2, -0.15) is 4.39 Å². The van der Waals surface area contributed by atoms with E-state index >= 15 is 0 Å². The number of rotatable bonds is 3. The minimum atomic E-state index is -1.38. The first-order valence-corrected chi connectivity index (χ1v) is 6.71. The van der Waals surface area contributed by atoms with Crippen molar-refractivity contribution in [2.45, 2.75) is 9.79 Å². The molecule has 0 saturated carbocycles. The van der Waals surface area contributed by atoms with E-state index in [0.717, 1.165) is 0 Å². The monoisotopic (exact) mass is 312 g/mol. The van der Waals surface area contributed by atoms with Crippen LogP contribution in [-0.2, 0) is 0 Å². The summed E-state index contributed by atoms with van der Waals surface area (Å²) in [6.07, 6.45) is 0.608. The van der Waals surface area contributed by atoms with Gasteiger partial charge in [0.1, 0.15) is 0 Å². The lowest BCUT2D eigenvalue weighted by Gasteiger charge is -2.14. The molecule has 2 aromatic rings. The third kappa shape index (κ3) is 3.18. The molecule has 0 atom stereocenters. The molecule has 0 unspecified atom stereocenters. The molecule has 0 fully saturated rings. The van der Waals surface area contributed by atoms with Gasteiger partial charge in [-0.15, -0.1) is 0 Å². The van der Waals surface area contributed by atoms with Crippen LogP contribution in [0.15, 0.2) is 40.3 Å². The molecule has 0 spiro atoms. The zero-order chi connectivity index (χ0) is 15.6. The predicted molar refractivity (Wildman–Crippen MR) is 72.7 cm³/mol. The molecule has 0 aliphatic carbocycles. The fourth-order valence-corrected chi connectivity index (χ4v) is 2.56. The summed E-state index contributed by atoms with van der Waals surface area (Å²) >= 11 is 0.650. The van der Waals surface area contributed by atoms with Crippen molar-refractivity contribution < 1.29 is 18.0 Å². The van der Waals surface area contributed by atoms with Crippen LogP contribution in [0, 0.1) is 17.6 Å². The largest absolute Gasteiger partial charge is 0.345 e. The van der Waals surface area contributed by atoms with Crippen LogP contribution in [0.1, 0.15) is 10.4 Å². The molecule has 0 saturated heterocycles. The van der Waals surface area contributed by atoms with E-state index < -0.39 is 22.5 Å². The summed E-state index contributed by atoms with van der Waals surface area (Å²) < 4.78 is 40.4. The molecule has 1 amide bonds. The third-order valence-electron chi connectivity index (χ3n) is 2.62. The summed E-state index contributed by atoms with van der Waals surface area (Å²) in [5, 5.41) is 0. The van der Waals surface area contributed by atoms with Gasteiger partial charge in [0.25, 0.3) is 5.91 Å². The van der Waals surface area contributed by atoms with Gasteiger partial charge >= 0.3 is 0 Å². The lowest BCUT2D eigenvalue weighted by molar-refractivity contribution is 0.0824. The maximum Gasteiger partial charge on any atom is 0.254 e. The molecule has 0 aliphatic rings. The Morgan fingerprint density at radius 1 is 1.19 bits per heavy atom. The van der Waals surface area contributed by atoms with Crippen molar-refractivity contribution >= 4 is 17.7 Å². The minimum Gasteiger partial charge on any atom is -0.345 e. The maximum absolute atomic E-state index is 13.6. The Hall–Kier alpha value is -2.02. The number of halogens is 3. The van der Waals surface area contributed by atoms with Crippen molar-refractivity contribution in [3.63, 3.8) is 0 Å². The van der Waals surface area contributed by atoms with Crippen LogP contribution < -0.4 is 0 Å². The molecule has 1 heterocycles. The van der Waals surface area contributed by atoms with E-state index in [9.17, 15) is 18.0 Å². The summed E-state index contributed by atoms with van der Waals surface area (Å²) in [4.78, 5) is 16.1. The molecule has 0 N–H and O–H groups in total. The maximum atomic E-state index is 13.6. The van der Waals surface area contributed by atoms with Gasteiger partial charge in [-0.1, -0.05) is 23.9 Å². The Morgan fingerprint density at radius 3 is 2.52 bits per heavy atom. The highest BCUT2D eigenvalue weighted by Crippen LogP contribution is 2.34. The van der Waals surface area contributed by atoms with Crippen molar-refractivity contribution in [3.05, 3.63) is 53.6 Å². The number of nitrogens with zero attached hydrogens (tertiary/aromatic N) is 2. The van der Waals surface area contributed by atoms with Crippen molar-refractivity contribution in [1.29, 1.82) is 0 Å². The van der Waals surface area contributed by atoms with Crippen LogP contribution in [-0.4, -0.2) is 29.9 Å². The molecule has 0 aliphatic heterocycles. The second-order valence-corrected chi connectivity index (χ2v) is 5.39. The number of hydrogen-bond acceptors (Lipinski definition) is 3.